The second-order valence-corrected chi connectivity index (χ2v) is 8.29. The Balaban J connectivity index is 1.53. The van der Waals surface area contributed by atoms with Crippen molar-refractivity contribution >= 4 is 27.7 Å². The maximum Gasteiger partial charge on any atom is 0.234 e. The summed E-state index contributed by atoms with van der Waals surface area (Å²) in [4.78, 5) is 28.8. The van der Waals surface area contributed by atoms with E-state index in [1.165, 1.54) is 0 Å². The third-order valence-electron chi connectivity index (χ3n) is 5.09. The van der Waals surface area contributed by atoms with Crippen molar-refractivity contribution in [2.75, 3.05) is 45.9 Å². The number of carbonyl (C=O) groups is 2. The van der Waals surface area contributed by atoms with Crippen molar-refractivity contribution in [1.29, 1.82) is 0 Å². The lowest BCUT2D eigenvalue weighted by atomic mass is 10.1. The molecule has 160 valence electrons. The minimum Gasteiger partial charge on any atom is -0.490 e. The zero-order valence-corrected chi connectivity index (χ0v) is 18.8. The lowest BCUT2D eigenvalue weighted by Gasteiger charge is -2.34. The highest BCUT2D eigenvalue weighted by molar-refractivity contribution is 9.10. The van der Waals surface area contributed by atoms with Gasteiger partial charge in [0.25, 0.3) is 0 Å². The van der Waals surface area contributed by atoms with Gasteiger partial charge in [-0.15, -0.1) is 0 Å². The Morgan fingerprint density at radius 2 is 1.69 bits per heavy atom. The summed E-state index contributed by atoms with van der Waals surface area (Å²) in [5.41, 5.74) is 0.883. The van der Waals surface area contributed by atoms with Crippen molar-refractivity contribution in [3.63, 3.8) is 0 Å². The van der Waals surface area contributed by atoms with Crippen molar-refractivity contribution in [2.24, 2.45) is 0 Å². The van der Waals surface area contributed by atoms with Crippen LogP contribution in [-0.2, 0) is 16.0 Å². The molecular formula is C21H30BrN3O4. The third kappa shape index (κ3) is 6.34. The molecule has 2 fully saturated rings. The van der Waals surface area contributed by atoms with Crippen LogP contribution in [0.4, 0.5) is 0 Å². The highest BCUT2D eigenvalue weighted by atomic mass is 79.9. The van der Waals surface area contributed by atoms with Gasteiger partial charge < -0.3 is 19.7 Å². The van der Waals surface area contributed by atoms with Crippen LogP contribution in [0.2, 0.25) is 0 Å². The van der Waals surface area contributed by atoms with Crippen LogP contribution >= 0.6 is 15.9 Å². The fraction of sp³-hybridized carbons (Fsp3) is 0.619. The smallest absolute Gasteiger partial charge is 0.234 e. The molecule has 1 aliphatic carbocycles. The first kappa shape index (κ1) is 21.9. The largest absolute Gasteiger partial charge is 0.490 e. The Labute approximate surface area is 180 Å². The van der Waals surface area contributed by atoms with E-state index >= 15 is 0 Å². The zero-order valence-electron chi connectivity index (χ0n) is 17.2. The summed E-state index contributed by atoms with van der Waals surface area (Å²) in [7, 11) is 0. The molecule has 2 aliphatic rings. The minimum atomic E-state index is 0.0828. The van der Waals surface area contributed by atoms with Gasteiger partial charge in [0.1, 0.15) is 0 Å². The molecule has 0 atom stereocenters. The van der Waals surface area contributed by atoms with Gasteiger partial charge in [0, 0.05) is 36.7 Å². The number of benzene rings is 1. The average molecular weight is 468 g/mol. The maximum absolute atomic E-state index is 12.8. The summed E-state index contributed by atoms with van der Waals surface area (Å²) in [5.74, 6) is 1.51. The first-order chi connectivity index (χ1) is 14.0. The highest BCUT2D eigenvalue weighted by Gasteiger charge is 2.26. The number of carbonyl (C=O) groups excluding carboxylic acids is 2. The molecule has 29 heavy (non-hydrogen) atoms. The second-order valence-electron chi connectivity index (χ2n) is 7.43. The van der Waals surface area contributed by atoms with Crippen molar-refractivity contribution in [3.8, 4) is 11.5 Å². The van der Waals surface area contributed by atoms with Crippen LogP contribution in [0.1, 0.15) is 32.3 Å². The Hall–Kier alpha value is -1.80. The second kappa shape index (κ2) is 10.3. The van der Waals surface area contributed by atoms with Crippen molar-refractivity contribution in [2.45, 2.75) is 39.2 Å². The average Bonchev–Trinajstić information content (AvgIpc) is 3.50. The van der Waals surface area contributed by atoms with Gasteiger partial charge in [-0.05, 0) is 44.4 Å². The SMILES string of the molecule is CCOc1cc(Br)c(CC(=O)N2CCN(CC(=O)NC3CC3)CC2)cc1OCC. The molecule has 0 unspecified atom stereocenters. The number of piperazine rings is 1. The predicted octanol–water partition coefficient (Wildman–Crippen LogP) is 2.21. The van der Waals surface area contributed by atoms with E-state index in [9.17, 15) is 9.59 Å². The van der Waals surface area contributed by atoms with Crippen molar-refractivity contribution < 1.29 is 19.1 Å². The van der Waals surface area contributed by atoms with Crippen molar-refractivity contribution in [3.05, 3.63) is 22.2 Å². The molecule has 8 heteroatoms. The van der Waals surface area contributed by atoms with Gasteiger partial charge in [-0.3, -0.25) is 14.5 Å². The van der Waals surface area contributed by atoms with Crippen LogP contribution in [0.5, 0.6) is 11.5 Å². The lowest BCUT2D eigenvalue weighted by molar-refractivity contribution is -0.132. The molecule has 7 nitrogen and oxygen atoms in total. The van der Waals surface area contributed by atoms with E-state index in [4.69, 9.17) is 9.47 Å². The fourth-order valence-electron chi connectivity index (χ4n) is 3.38. The van der Waals surface area contributed by atoms with E-state index in [-0.39, 0.29) is 11.8 Å². The summed E-state index contributed by atoms with van der Waals surface area (Å²) in [6.45, 7) is 8.07. The number of hydrogen-bond acceptors (Lipinski definition) is 5. The molecule has 0 aromatic heterocycles. The number of amides is 2. The van der Waals surface area contributed by atoms with E-state index < -0.39 is 0 Å². The summed E-state index contributed by atoms with van der Waals surface area (Å²) in [6.07, 6.45) is 2.50. The van der Waals surface area contributed by atoms with Gasteiger partial charge in [0.05, 0.1) is 26.2 Å². The van der Waals surface area contributed by atoms with E-state index in [1.807, 2.05) is 30.9 Å². The Morgan fingerprint density at radius 3 is 2.28 bits per heavy atom. The van der Waals surface area contributed by atoms with Gasteiger partial charge in [0.15, 0.2) is 11.5 Å². The lowest BCUT2D eigenvalue weighted by Crippen LogP contribution is -2.51. The van der Waals surface area contributed by atoms with Gasteiger partial charge in [-0.1, -0.05) is 15.9 Å². The van der Waals surface area contributed by atoms with Crippen LogP contribution in [0, 0.1) is 0 Å². The van der Waals surface area contributed by atoms with Crippen LogP contribution in [0.3, 0.4) is 0 Å². The number of rotatable bonds is 9. The molecular weight excluding hydrogens is 438 g/mol. The molecule has 1 aromatic rings. The molecule has 2 amide bonds. The molecule has 1 aliphatic heterocycles. The van der Waals surface area contributed by atoms with Gasteiger partial charge in [-0.25, -0.2) is 0 Å². The van der Waals surface area contributed by atoms with Crippen molar-refractivity contribution in [1.82, 2.24) is 15.1 Å². The molecule has 0 bridgehead atoms. The molecule has 0 spiro atoms. The van der Waals surface area contributed by atoms with Crippen LogP contribution < -0.4 is 14.8 Å². The molecule has 3 rings (SSSR count). The quantitative estimate of drug-likeness (QED) is 0.602. The Kier molecular flexibility index (Phi) is 7.77. The normalized spacial score (nSPS) is 17.1. The summed E-state index contributed by atoms with van der Waals surface area (Å²) in [6, 6.07) is 4.14. The first-order valence-corrected chi connectivity index (χ1v) is 11.2. The number of hydrogen-bond donors (Lipinski definition) is 1. The number of nitrogens with zero attached hydrogens (tertiary/aromatic N) is 2. The molecule has 1 saturated carbocycles. The molecule has 1 aromatic carbocycles. The Bertz CT molecular complexity index is 731. The molecule has 0 radical (unpaired) electrons. The highest BCUT2D eigenvalue weighted by Crippen LogP contribution is 2.34. The molecule has 1 N–H and O–H groups in total. The summed E-state index contributed by atoms with van der Waals surface area (Å²) >= 11 is 3.56. The van der Waals surface area contributed by atoms with E-state index in [2.05, 4.69) is 26.1 Å². The standard InChI is InChI=1S/C21H30BrN3O4/c1-3-28-18-11-15(17(22)13-19(18)29-4-2)12-21(27)25-9-7-24(8-10-25)14-20(26)23-16-5-6-16/h11,13,16H,3-10,12,14H2,1-2H3,(H,23,26). The Morgan fingerprint density at radius 1 is 1.07 bits per heavy atom. The van der Waals surface area contributed by atoms with Crippen LogP contribution in [0.15, 0.2) is 16.6 Å². The van der Waals surface area contributed by atoms with E-state index in [1.54, 1.807) is 0 Å². The van der Waals surface area contributed by atoms with E-state index in [0.717, 1.165) is 36.0 Å². The zero-order chi connectivity index (χ0) is 20.8. The first-order valence-electron chi connectivity index (χ1n) is 10.4. The van der Waals surface area contributed by atoms with E-state index in [0.29, 0.717) is 56.8 Å². The third-order valence-corrected chi connectivity index (χ3v) is 5.83. The van der Waals surface area contributed by atoms with Gasteiger partial charge in [-0.2, -0.15) is 0 Å². The summed E-state index contributed by atoms with van der Waals surface area (Å²) in [5, 5.41) is 3.01. The number of ether oxygens (including phenoxy) is 2. The fourth-order valence-corrected chi connectivity index (χ4v) is 3.85. The summed E-state index contributed by atoms with van der Waals surface area (Å²) < 4.78 is 12.2. The van der Waals surface area contributed by atoms with Crippen LogP contribution in [-0.4, -0.2) is 73.6 Å². The maximum atomic E-state index is 12.8. The molecule has 1 heterocycles. The molecule has 1 saturated heterocycles. The van der Waals surface area contributed by atoms with Crippen LogP contribution in [0.25, 0.3) is 0 Å². The van der Waals surface area contributed by atoms with Gasteiger partial charge >= 0.3 is 0 Å². The topological polar surface area (TPSA) is 71.1 Å². The monoisotopic (exact) mass is 467 g/mol. The minimum absolute atomic E-state index is 0.0828. The predicted molar refractivity (Wildman–Crippen MR) is 114 cm³/mol. The number of nitrogens with one attached hydrogen (secondary N) is 1. The number of halogens is 1. The van der Waals surface area contributed by atoms with Gasteiger partial charge in [0.2, 0.25) is 11.8 Å².